The van der Waals surface area contributed by atoms with Gasteiger partial charge in [-0.1, -0.05) is 42.5 Å². The molecular weight excluding hydrogens is 539 g/mol. The average molecular weight is 572 g/mol. The SMILES string of the molecule is CN=C(NCCCC(=O)N1Cc2ccccc2C1)NCc1ccccc1-n1nc(C)cc1C.I. The summed E-state index contributed by atoms with van der Waals surface area (Å²) in [5.74, 6) is 0.925. The van der Waals surface area contributed by atoms with Crippen LogP contribution < -0.4 is 10.6 Å². The van der Waals surface area contributed by atoms with E-state index < -0.39 is 0 Å². The van der Waals surface area contributed by atoms with Crippen LogP contribution in [-0.2, 0) is 24.4 Å². The summed E-state index contributed by atoms with van der Waals surface area (Å²) >= 11 is 0. The van der Waals surface area contributed by atoms with Crippen molar-refractivity contribution in [3.8, 4) is 5.69 Å². The van der Waals surface area contributed by atoms with Gasteiger partial charge in [-0.3, -0.25) is 9.79 Å². The number of halogens is 1. The molecule has 0 spiro atoms. The highest BCUT2D eigenvalue weighted by atomic mass is 127. The first-order chi connectivity index (χ1) is 16.0. The van der Waals surface area contributed by atoms with E-state index in [9.17, 15) is 4.79 Å². The molecule has 2 aromatic carbocycles. The van der Waals surface area contributed by atoms with Crippen molar-refractivity contribution in [2.75, 3.05) is 13.6 Å². The number of benzene rings is 2. The molecule has 2 N–H and O–H groups in total. The second-order valence-electron chi connectivity index (χ2n) is 8.44. The number of hydrogen-bond acceptors (Lipinski definition) is 3. The monoisotopic (exact) mass is 572 g/mol. The minimum atomic E-state index is 0. The Balaban J connectivity index is 0.00000324. The third-order valence-corrected chi connectivity index (χ3v) is 5.95. The first-order valence-corrected chi connectivity index (χ1v) is 11.5. The van der Waals surface area contributed by atoms with E-state index in [-0.39, 0.29) is 29.9 Å². The molecule has 2 heterocycles. The van der Waals surface area contributed by atoms with Gasteiger partial charge in [0.15, 0.2) is 5.96 Å². The first kappa shape index (κ1) is 25.7. The van der Waals surface area contributed by atoms with E-state index in [0.717, 1.165) is 48.1 Å². The number of carbonyl (C=O) groups is 1. The standard InChI is InChI=1S/C26H32N6O.HI/c1-19-15-20(2)32(30-19)24-12-7-6-9-21(24)16-29-26(27-3)28-14-8-13-25(33)31-17-22-10-4-5-11-23(22)18-31;/h4-7,9-12,15H,8,13-14,16-18H2,1-3H3,(H2,27,28,29);1H. The molecule has 3 aromatic rings. The zero-order chi connectivity index (χ0) is 23.2. The summed E-state index contributed by atoms with van der Waals surface area (Å²) < 4.78 is 1.98. The summed E-state index contributed by atoms with van der Waals surface area (Å²) in [5.41, 5.74) is 6.82. The molecule has 180 valence electrons. The quantitative estimate of drug-likeness (QED) is 0.194. The number of guanidine groups is 1. The van der Waals surface area contributed by atoms with Crippen LogP contribution in [0.2, 0.25) is 0 Å². The molecule has 7 nitrogen and oxygen atoms in total. The Morgan fingerprint density at radius 3 is 2.35 bits per heavy atom. The third kappa shape index (κ3) is 6.16. The van der Waals surface area contributed by atoms with Crippen LogP contribution in [0.1, 0.15) is 40.9 Å². The van der Waals surface area contributed by atoms with Gasteiger partial charge in [0.05, 0.1) is 11.4 Å². The Hall–Kier alpha value is -2.88. The van der Waals surface area contributed by atoms with Gasteiger partial charge in [-0.25, -0.2) is 4.68 Å². The highest BCUT2D eigenvalue weighted by Crippen LogP contribution is 2.23. The zero-order valence-electron chi connectivity index (χ0n) is 20.0. The lowest BCUT2D eigenvalue weighted by Gasteiger charge is -2.17. The van der Waals surface area contributed by atoms with E-state index in [1.54, 1.807) is 7.05 Å². The molecule has 0 saturated carbocycles. The fraction of sp³-hybridized carbons (Fsp3) is 0.346. The van der Waals surface area contributed by atoms with Gasteiger partial charge in [0.2, 0.25) is 5.91 Å². The van der Waals surface area contributed by atoms with Crippen molar-refractivity contribution < 1.29 is 4.79 Å². The highest BCUT2D eigenvalue weighted by Gasteiger charge is 2.22. The number of aliphatic imine (C=N–C) groups is 1. The van der Waals surface area contributed by atoms with Crippen LogP contribution in [-0.4, -0.2) is 40.1 Å². The number of carbonyl (C=O) groups excluding carboxylic acids is 1. The number of aryl methyl sites for hydroxylation is 2. The molecule has 1 aliphatic rings. The van der Waals surface area contributed by atoms with Crippen molar-refractivity contribution in [3.63, 3.8) is 0 Å². The summed E-state index contributed by atoms with van der Waals surface area (Å²) in [6, 6.07) is 18.6. The number of nitrogens with zero attached hydrogens (tertiary/aromatic N) is 4. The van der Waals surface area contributed by atoms with Crippen LogP contribution in [0.3, 0.4) is 0 Å². The van der Waals surface area contributed by atoms with Gasteiger partial charge in [0.25, 0.3) is 0 Å². The van der Waals surface area contributed by atoms with Crippen LogP contribution >= 0.6 is 24.0 Å². The normalized spacial score (nSPS) is 12.8. The maximum absolute atomic E-state index is 12.6. The van der Waals surface area contributed by atoms with Crippen LogP contribution in [0.4, 0.5) is 0 Å². The molecule has 4 rings (SSSR count). The van der Waals surface area contributed by atoms with Crippen molar-refractivity contribution in [3.05, 3.63) is 82.7 Å². The van der Waals surface area contributed by atoms with Gasteiger partial charge < -0.3 is 15.5 Å². The van der Waals surface area contributed by atoms with E-state index in [2.05, 4.69) is 58.0 Å². The molecule has 1 aromatic heterocycles. The van der Waals surface area contributed by atoms with Gasteiger partial charge in [-0.05, 0) is 49.1 Å². The van der Waals surface area contributed by atoms with E-state index in [1.807, 2.05) is 40.8 Å². The van der Waals surface area contributed by atoms with Crippen LogP contribution in [0.15, 0.2) is 59.6 Å². The Labute approximate surface area is 218 Å². The second kappa shape index (κ2) is 12.0. The van der Waals surface area contributed by atoms with Gasteiger partial charge in [0, 0.05) is 45.3 Å². The molecule has 0 unspecified atom stereocenters. The largest absolute Gasteiger partial charge is 0.356 e. The molecule has 1 amide bonds. The molecule has 8 heteroatoms. The smallest absolute Gasteiger partial charge is 0.223 e. The van der Waals surface area contributed by atoms with Gasteiger partial charge in [-0.2, -0.15) is 5.10 Å². The molecule has 0 bridgehead atoms. The predicted octanol–water partition coefficient (Wildman–Crippen LogP) is 4.09. The van der Waals surface area contributed by atoms with Crippen molar-refractivity contribution in [1.82, 2.24) is 25.3 Å². The summed E-state index contributed by atoms with van der Waals surface area (Å²) in [6.07, 6.45) is 1.29. The lowest BCUT2D eigenvalue weighted by molar-refractivity contribution is -0.131. The molecule has 0 aliphatic carbocycles. The lowest BCUT2D eigenvalue weighted by Crippen LogP contribution is -2.38. The summed E-state index contributed by atoms with van der Waals surface area (Å²) in [5, 5.41) is 11.3. The number of para-hydroxylation sites is 1. The molecule has 0 atom stereocenters. The minimum Gasteiger partial charge on any atom is -0.356 e. The van der Waals surface area contributed by atoms with Crippen LogP contribution in [0, 0.1) is 13.8 Å². The van der Waals surface area contributed by atoms with Crippen LogP contribution in [0.25, 0.3) is 5.69 Å². The third-order valence-electron chi connectivity index (χ3n) is 5.95. The topological polar surface area (TPSA) is 74.6 Å². The van der Waals surface area contributed by atoms with Crippen molar-refractivity contribution in [2.24, 2.45) is 4.99 Å². The lowest BCUT2D eigenvalue weighted by atomic mass is 10.1. The Bertz CT molecular complexity index is 1130. The first-order valence-electron chi connectivity index (χ1n) is 11.5. The molecule has 0 radical (unpaired) electrons. The Morgan fingerprint density at radius 1 is 1.03 bits per heavy atom. The summed E-state index contributed by atoms with van der Waals surface area (Å²) in [7, 11) is 1.76. The molecule has 0 fully saturated rings. The second-order valence-corrected chi connectivity index (χ2v) is 8.44. The van der Waals surface area contributed by atoms with E-state index in [1.165, 1.54) is 11.1 Å². The van der Waals surface area contributed by atoms with Gasteiger partial charge in [-0.15, -0.1) is 24.0 Å². The molecule has 34 heavy (non-hydrogen) atoms. The van der Waals surface area contributed by atoms with Crippen molar-refractivity contribution in [2.45, 2.75) is 46.3 Å². The summed E-state index contributed by atoms with van der Waals surface area (Å²) in [4.78, 5) is 18.8. The summed E-state index contributed by atoms with van der Waals surface area (Å²) in [6.45, 7) is 6.82. The maximum Gasteiger partial charge on any atom is 0.223 e. The van der Waals surface area contributed by atoms with E-state index in [0.29, 0.717) is 19.5 Å². The van der Waals surface area contributed by atoms with E-state index in [4.69, 9.17) is 0 Å². The number of rotatable bonds is 7. The number of fused-ring (bicyclic) bond motifs is 1. The number of aromatic nitrogens is 2. The van der Waals surface area contributed by atoms with Crippen LogP contribution in [0.5, 0.6) is 0 Å². The Kier molecular flexibility index (Phi) is 9.09. The zero-order valence-corrected chi connectivity index (χ0v) is 22.4. The fourth-order valence-corrected chi connectivity index (χ4v) is 4.25. The van der Waals surface area contributed by atoms with E-state index >= 15 is 0 Å². The fourth-order valence-electron chi connectivity index (χ4n) is 4.25. The number of nitrogens with one attached hydrogen (secondary N) is 2. The highest BCUT2D eigenvalue weighted by molar-refractivity contribution is 14.0. The van der Waals surface area contributed by atoms with Crippen molar-refractivity contribution in [1.29, 1.82) is 0 Å². The van der Waals surface area contributed by atoms with Gasteiger partial charge >= 0.3 is 0 Å². The maximum atomic E-state index is 12.6. The van der Waals surface area contributed by atoms with Gasteiger partial charge in [0.1, 0.15) is 0 Å². The average Bonchev–Trinajstić information content (AvgIpc) is 3.41. The number of amides is 1. The predicted molar refractivity (Wildman–Crippen MR) is 147 cm³/mol. The Morgan fingerprint density at radius 2 is 1.71 bits per heavy atom. The number of hydrogen-bond donors (Lipinski definition) is 2. The molecular formula is C26H33IN6O. The molecule has 0 saturated heterocycles. The minimum absolute atomic E-state index is 0. The van der Waals surface area contributed by atoms with Crippen molar-refractivity contribution >= 4 is 35.8 Å². The molecule has 1 aliphatic heterocycles.